The molecule has 0 amide bonds. The summed E-state index contributed by atoms with van der Waals surface area (Å²) in [5.74, 6) is 3.05. The zero-order valence-electron chi connectivity index (χ0n) is 20.8. The second kappa shape index (κ2) is 10.7. The lowest BCUT2D eigenvalue weighted by Gasteiger charge is -2.37. The van der Waals surface area contributed by atoms with Crippen LogP contribution in [-0.2, 0) is 0 Å². The van der Waals surface area contributed by atoms with Gasteiger partial charge in [-0.3, -0.25) is 0 Å². The Bertz CT molecular complexity index is 1190. The maximum Gasteiger partial charge on any atom is 0.170 e. The van der Waals surface area contributed by atoms with Gasteiger partial charge in [-0.15, -0.1) is 0 Å². The molecule has 2 aliphatic heterocycles. The van der Waals surface area contributed by atoms with Crippen LogP contribution in [0.1, 0.15) is 50.0 Å². The molecule has 1 aromatic heterocycles. The molecule has 1 saturated heterocycles. The summed E-state index contributed by atoms with van der Waals surface area (Å²) in [4.78, 5) is 6.17. The van der Waals surface area contributed by atoms with E-state index in [2.05, 4.69) is 51.0 Å². The Morgan fingerprint density at radius 3 is 2.56 bits per heavy atom. The Morgan fingerprint density at radius 1 is 0.944 bits per heavy atom. The maximum atomic E-state index is 5.68. The molecule has 0 spiro atoms. The van der Waals surface area contributed by atoms with Gasteiger partial charge >= 0.3 is 0 Å². The van der Waals surface area contributed by atoms with Crippen molar-refractivity contribution in [1.82, 2.24) is 15.2 Å². The molecule has 6 rings (SSSR count). The van der Waals surface area contributed by atoms with Crippen molar-refractivity contribution in [3.8, 4) is 11.5 Å². The van der Waals surface area contributed by atoms with Gasteiger partial charge in [-0.1, -0.05) is 18.2 Å². The molecule has 7 heteroatoms. The van der Waals surface area contributed by atoms with Gasteiger partial charge in [0.2, 0.25) is 0 Å². The fourth-order valence-electron chi connectivity index (χ4n) is 6.19. The lowest BCUT2D eigenvalue weighted by atomic mass is 9.84. The number of aromatic amines is 1. The molecule has 0 atom stereocenters. The number of rotatable bonds is 5. The summed E-state index contributed by atoms with van der Waals surface area (Å²) in [6.07, 6.45) is 9.67. The minimum absolute atomic E-state index is 0.450. The number of anilines is 1. The topological polar surface area (TPSA) is 61.5 Å². The molecule has 2 aromatic carbocycles. The summed E-state index contributed by atoms with van der Waals surface area (Å²) < 4.78 is 11.3. The zero-order chi connectivity index (χ0) is 24.3. The summed E-state index contributed by atoms with van der Waals surface area (Å²) in [6, 6.07) is 15.0. The number of fused-ring (bicyclic) bond motifs is 2. The number of piperidine rings is 1. The summed E-state index contributed by atoms with van der Waals surface area (Å²) in [7, 11) is 0. The third-order valence-electron chi connectivity index (χ3n) is 8.15. The van der Waals surface area contributed by atoms with Crippen LogP contribution in [0, 0.1) is 5.92 Å². The molecular formula is C29H36N4O2S. The van der Waals surface area contributed by atoms with Gasteiger partial charge in [0.25, 0.3) is 0 Å². The van der Waals surface area contributed by atoms with E-state index < -0.39 is 0 Å². The lowest BCUT2D eigenvalue weighted by Crippen LogP contribution is -2.42. The van der Waals surface area contributed by atoms with Crippen LogP contribution in [0.5, 0.6) is 11.5 Å². The molecule has 3 N–H and O–H groups in total. The van der Waals surface area contributed by atoms with Crippen LogP contribution in [0.15, 0.2) is 48.7 Å². The highest BCUT2D eigenvalue weighted by Gasteiger charge is 2.27. The third kappa shape index (κ3) is 5.32. The van der Waals surface area contributed by atoms with Crippen molar-refractivity contribution in [2.24, 2.45) is 5.92 Å². The zero-order valence-corrected chi connectivity index (χ0v) is 21.6. The van der Waals surface area contributed by atoms with E-state index in [-0.39, 0.29) is 0 Å². The SMILES string of the molecule is S=C(Nc1ccc2c(c1)OCCO2)NC1CCC(CN2CCC(c3c[nH]c4ccccc34)CC2)CC1. The van der Waals surface area contributed by atoms with Crippen molar-refractivity contribution in [1.29, 1.82) is 0 Å². The second-order valence-corrected chi connectivity index (χ2v) is 10.9. The molecule has 3 aromatic rings. The van der Waals surface area contributed by atoms with Crippen molar-refractivity contribution in [3.05, 3.63) is 54.2 Å². The highest BCUT2D eigenvalue weighted by molar-refractivity contribution is 7.80. The summed E-state index contributed by atoms with van der Waals surface area (Å²) >= 11 is 5.60. The predicted molar refractivity (Wildman–Crippen MR) is 149 cm³/mol. The standard InChI is InChI=1S/C29H36N4O2S/c36-29(32-23-9-10-27-28(17-23)35-16-15-34-27)31-22-7-5-20(6-8-22)19-33-13-11-21(12-14-33)25-18-30-26-4-2-1-3-24(25)26/h1-4,9-10,17-18,20-22,30H,5-8,11-16,19H2,(H2,31,32,36). The Kier molecular flexibility index (Phi) is 7.01. The van der Waals surface area contributed by atoms with Crippen molar-refractivity contribution < 1.29 is 9.47 Å². The first kappa shape index (κ1) is 23.6. The van der Waals surface area contributed by atoms with Gasteiger partial charge in [-0.25, -0.2) is 0 Å². The van der Waals surface area contributed by atoms with Gasteiger partial charge in [-0.05, 0) is 99.4 Å². The number of H-pyrrole nitrogens is 1. The average molecular weight is 505 g/mol. The van der Waals surface area contributed by atoms with Gasteiger partial charge < -0.3 is 30.0 Å². The minimum Gasteiger partial charge on any atom is -0.486 e. The molecule has 2 fully saturated rings. The van der Waals surface area contributed by atoms with Gasteiger partial charge in [0.05, 0.1) is 0 Å². The fraction of sp³-hybridized carbons (Fsp3) is 0.483. The van der Waals surface area contributed by atoms with Gasteiger partial charge in [0.1, 0.15) is 13.2 Å². The summed E-state index contributed by atoms with van der Waals surface area (Å²) in [5, 5.41) is 8.95. The van der Waals surface area contributed by atoms with Crippen molar-refractivity contribution in [3.63, 3.8) is 0 Å². The number of likely N-dealkylation sites (tertiary alicyclic amines) is 1. The summed E-state index contributed by atoms with van der Waals surface area (Å²) in [6.45, 7) is 4.86. The molecule has 190 valence electrons. The van der Waals surface area contributed by atoms with Gasteiger partial charge in [-0.2, -0.15) is 0 Å². The molecule has 36 heavy (non-hydrogen) atoms. The number of ether oxygens (including phenoxy) is 2. The number of nitrogens with zero attached hydrogens (tertiary/aromatic N) is 1. The number of aromatic nitrogens is 1. The first-order valence-electron chi connectivity index (χ1n) is 13.5. The Balaban J connectivity index is 0.927. The third-order valence-corrected chi connectivity index (χ3v) is 8.37. The molecule has 6 nitrogen and oxygen atoms in total. The molecule has 3 heterocycles. The number of hydrogen-bond donors (Lipinski definition) is 3. The Morgan fingerprint density at radius 2 is 1.72 bits per heavy atom. The van der Waals surface area contributed by atoms with Crippen LogP contribution in [0.2, 0.25) is 0 Å². The molecule has 1 aliphatic carbocycles. The van der Waals surface area contributed by atoms with E-state index in [0.29, 0.717) is 30.3 Å². The van der Waals surface area contributed by atoms with Crippen molar-refractivity contribution >= 4 is 33.9 Å². The molecule has 0 radical (unpaired) electrons. The highest BCUT2D eigenvalue weighted by atomic mass is 32.1. The number of nitrogens with one attached hydrogen (secondary N) is 3. The van der Waals surface area contributed by atoms with E-state index in [0.717, 1.165) is 23.1 Å². The molecule has 0 unspecified atom stereocenters. The van der Waals surface area contributed by atoms with Crippen molar-refractivity contribution in [2.75, 3.05) is 38.2 Å². The molecule has 3 aliphatic rings. The predicted octanol–water partition coefficient (Wildman–Crippen LogP) is 5.66. The number of thiocarbonyl (C=S) groups is 1. The first-order valence-corrected chi connectivity index (χ1v) is 13.9. The normalized spacial score (nSPS) is 22.9. The Labute approximate surface area is 218 Å². The van der Waals surface area contributed by atoms with Crippen LogP contribution in [0.3, 0.4) is 0 Å². The fourth-order valence-corrected chi connectivity index (χ4v) is 6.47. The van der Waals surface area contributed by atoms with E-state index >= 15 is 0 Å². The highest BCUT2D eigenvalue weighted by Crippen LogP contribution is 2.35. The minimum atomic E-state index is 0.450. The van der Waals surface area contributed by atoms with E-state index in [1.807, 2.05) is 18.2 Å². The van der Waals surface area contributed by atoms with Crippen molar-refractivity contribution in [2.45, 2.75) is 50.5 Å². The average Bonchev–Trinajstić information content (AvgIpc) is 3.34. The molecular weight excluding hydrogens is 468 g/mol. The number of hydrogen-bond acceptors (Lipinski definition) is 4. The number of para-hydroxylation sites is 1. The molecule has 0 bridgehead atoms. The monoisotopic (exact) mass is 504 g/mol. The van der Waals surface area contributed by atoms with E-state index in [1.165, 1.54) is 74.6 Å². The lowest BCUT2D eigenvalue weighted by molar-refractivity contribution is 0.158. The van der Waals surface area contributed by atoms with Crippen LogP contribution in [0.25, 0.3) is 10.9 Å². The smallest absolute Gasteiger partial charge is 0.170 e. The van der Waals surface area contributed by atoms with E-state index in [1.54, 1.807) is 0 Å². The van der Waals surface area contributed by atoms with Crippen LogP contribution < -0.4 is 20.1 Å². The second-order valence-electron chi connectivity index (χ2n) is 10.5. The Hall–Kier alpha value is -2.77. The van der Waals surface area contributed by atoms with Crippen LogP contribution in [0.4, 0.5) is 5.69 Å². The quantitative estimate of drug-likeness (QED) is 0.390. The molecule has 1 saturated carbocycles. The van der Waals surface area contributed by atoms with Gasteiger partial charge in [0, 0.05) is 41.4 Å². The maximum absolute atomic E-state index is 5.68. The van der Waals surface area contributed by atoms with Crippen LogP contribution in [-0.4, -0.2) is 53.9 Å². The van der Waals surface area contributed by atoms with E-state index in [4.69, 9.17) is 21.7 Å². The van der Waals surface area contributed by atoms with Gasteiger partial charge in [0.15, 0.2) is 16.6 Å². The van der Waals surface area contributed by atoms with E-state index in [9.17, 15) is 0 Å². The first-order chi connectivity index (χ1) is 17.7. The largest absolute Gasteiger partial charge is 0.486 e. The van der Waals surface area contributed by atoms with Crippen LogP contribution >= 0.6 is 12.2 Å². The summed E-state index contributed by atoms with van der Waals surface area (Å²) in [5.41, 5.74) is 3.71. The number of benzene rings is 2.